The monoisotopic (exact) mass is 382 g/mol. The molecule has 1 fully saturated rings. The molecular formula is C18H26N2O5S. The van der Waals surface area contributed by atoms with Crippen LogP contribution in [-0.2, 0) is 19.6 Å². The van der Waals surface area contributed by atoms with Crippen LogP contribution in [0.25, 0.3) is 0 Å². The first kappa shape index (κ1) is 20.4. The van der Waals surface area contributed by atoms with Gasteiger partial charge in [-0.25, -0.2) is 13.1 Å². The van der Waals surface area contributed by atoms with Crippen molar-refractivity contribution in [1.82, 2.24) is 4.72 Å². The molecule has 0 unspecified atom stereocenters. The Kier molecular flexibility index (Phi) is 6.08. The van der Waals surface area contributed by atoms with Crippen LogP contribution in [0.3, 0.4) is 0 Å². The Morgan fingerprint density at radius 2 is 1.77 bits per heavy atom. The summed E-state index contributed by atoms with van der Waals surface area (Å²) in [7, 11) is -2.46. The molecule has 0 spiro atoms. The molecule has 144 valence electrons. The second-order valence-electron chi connectivity index (χ2n) is 7.52. The average molecular weight is 382 g/mol. The number of nitrogens with one attached hydrogen (secondary N) is 1. The Balaban J connectivity index is 2.24. The topological polar surface area (TPSA) is 92.8 Å². The second-order valence-corrected chi connectivity index (χ2v) is 9.26. The third-order valence-electron chi connectivity index (χ3n) is 4.14. The van der Waals surface area contributed by atoms with Gasteiger partial charge in [0.05, 0.1) is 12.8 Å². The van der Waals surface area contributed by atoms with Gasteiger partial charge in [-0.1, -0.05) is 20.8 Å². The van der Waals surface area contributed by atoms with Crippen LogP contribution in [0.4, 0.5) is 5.69 Å². The number of rotatable bonds is 7. The van der Waals surface area contributed by atoms with Gasteiger partial charge in [-0.3, -0.25) is 14.5 Å². The molecule has 0 saturated carbocycles. The molecule has 1 aliphatic rings. The first-order valence-electron chi connectivity index (χ1n) is 8.59. The van der Waals surface area contributed by atoms with Crippen molar-refractivity contribution in [3.05, 3.63) is 18.2 Å². The maximum atomic E-state index is 12.7. The quantitative estimate of drug-likeness (QED) is 0.578. The number of nitrogens with zero attached hydrogens (tertiary/aromatic N) is 1. The lowest BCUT2D eigenvalue weighted by molar-refractivity contribution is -0.121. The predicted molar refractivity (Wildman–Crippen MR) is 98.6 cm³/mol. The molecule has 0 aliphatic carbocycles. The number of benzene rings is 1. The van der Waals surface area contributed by atoms with Crippen LogP contribution in [0.1, 0.15) is 46.5 Å². The number of carbonyl (C=O) groups is 2. The molecule has 8 heteroatoms. The van der Waals surface area contributed by atoms with Crippen molar-refractivity contribution >= 4 is 27.5 Å². The van der Waals surface area contributed by atoms with E-state index in [0.29, 0.717) is 13.0 Å². The third kappa shape index (κ3) is 4.82. The van der Waals surface area contributed by atoms with Gasteiger partial charge in [0, 0.05) is 19.4 Å². The Labute approximate surface area is 154 Å². The molecule has 0 atom stereocenters. The van der Waals surface area contributed by atoms with Crippen LogP contribution in [-0.4, -0.2) is 33.9 Å². The second kappa shape index (κ2) is 7.75. The summed E-state index contributed by atoms with van der Waals surface area (Å²) in [5.74, 6) is -0.500. The van der Waals surface area contributed by atoms with Crippen molar-refractivity contribution in [2.24, 2.45) is 5.41 Å². The van der Waals surface area contributed by atoms with E-state index in [1.807, 2.05) is 0 Å². The van der Waals surface area contributed by atoms with E-state index in [1.165, 1.54) is 25.3 Å². The third-order valence-corrected chi connectivity index (χ3v) is 5.62. The molecule has 1 aromatic carbocycles. The summed E-state index contributed by atoms with van der Waals surface area (Å²) in [5, 5.41) is 0. The van der Waals surface area contributed by atoms with E-state index in [1.54, 1.807) is 0 Å². The van der Waals surface area contributed by atoms with Crippen LogP contribution >= 0.6 is 0 Å². The summed E-state index contributed by atoms with van der Waals surface area (Å²) < 4.78 is 33.1. The van der Waals surface area contributed by atoms with Gasteiger partial charge in [-0.2, -0.15) is 0 Å². The van der Waals surface area contributed by atoms with Gasteiger partial charge in [-0.15, -0.1) is 0 Å². The molecule has 7 nitrogen and oxygen atoms in total. The van der Waals surface area contributed by atoms with E-state index in [0.717, 1.165) is 11.3 Å². The van der Waals surface area contributed by atoms with Crippen molar-refractivity contribution in [3.63, 3.8) is 0 Å². The number of sulfonamides is 1. The van der Waals surface area contributed by atoms with Crippen molar-refractivity contribution in [2.45, 2.75) is 51.3 Å². The SMILES string of the molecule is COc1ccc(N2C(=O)CCC2=O)cc1S(=O)(=O)NCCCC(C)(C)C. The number of ether oxygens (including phenoxy) is 1. The number of methoxy groups -OCH3 is 1. The summed E-state index contributed by atoms with van der Waals surface area (Å²) in [4.78, 5) is 24.8. The molecule has 1 saturated heterocycles. The van der Waals surface area contributed by atoms with Gasteiger partial charge in [0.1, 0.15) is 10.6 Å². The molecule has 1 heterocycles. The molecule has 1 N–H and O–H groups in total. The maximum absolute atomic E-state index is 12.7. The molecule has 0 radical (unpaired) electrons. The lowest BCUT2D eigenvalue weighted by atomic mass is 9.91. The molecule has 0 bridgehead atoms. The smallest absolute Gasteiger partial charge is 0.244 e. The van der Waals surface area contributed by atoms with E-state index >= 15 is 0 Å². The van der Waals surface area contributed by atoms with Gasteiger partial charge in [0.25, 0.3) is 0 Å². The average Bonchev–Trinajstić information content (AvgIpc) is 2.89. The van der Waals surface area contributed by atoms with Gasteiger partial charge in [0.2, 0.25) is 21.8 Å². The Morgan fingerprint density at radius 1 is 1.15 bits per heavy atom. The van der Waals surface area contributed by atoms with Crippen LogP contribution in [0.2, 0.25) is 0 Å². The highest BCUT2D eigenvalue weighted by atomic mass is 32.2. The number of imide groups is 1. The largest absolute Gasteiger partial charge is 0.495 e. The molecule has 26 heavy (non-hydrogen) atoms. The highest BCUT2D eigenvalue weighted by molar-refractivity contribution is 7.89. The van der Waals surface area contributed by atoms with Crippen molar-refractivity contribution in [3.8, 4) is 5.75 Å². The fraction of sp³-hybridized carbons (Fsp3) is 0.556. The Hall–Kier alpha value is -1.93. The highest BCUT2D eigenvalue weighted by Crippen LogP contribution is 2.31. The van der Waals surface area contributed by atoms with Gasteiger partial charge in [0.15, 0.2) is 0 Å². The normalized spacial score (nSPS) is 15.6. The van der Waals surface area contributed by atoms with E-state index in [9.17, 15) is 18.0 Å². The maximum Gasteiger partial charge on any atom is 0.244 e. The van der Waals surface area contributed by atoms with Crippen LogP contribution < -0.4 is 14.4 Å². The Morgan fingerprint density at radius 3 is 2.31 bits per heavy atom. The van der Waals surface area contributed by atoms with Crippen LogP contribution in [0, 0.1) is 5.41 Å². The molecule has 2 rings (SSSR count). The minimum absolute atomic E-state index is 0.0826. The minimum Gasteiger partial charge on any atom is -0.495 e. The standard InChI is InChI=1S/C18H26N2O5S/c1-18(2,3)10-5-11-19-26(23,24)15-12-13(6-7-14(15)25-4)20-16(21)8-9-17(20)22/h6-7,12,19H,5,8-11H2,1-4H3. The fourth-order valence-corrected chi connectivity index (χ4v) is 4.04. The lowest BCUT2D eigenvalue weighted by Crippen LogP contribution is -2.30. The lowest BCUT2D eigenvalue weighted by Gasteiger charge is -2.19. The zero-order valence-electron chi connectivity index (χ0n) is 15.7. The Bertz CT molecular complexity index is 780. The summed E-state index contributed by atoms with van der Waals surface area (Å²) in [6, 6.07) is 4.28. The summed E-state index contributed by atoms with van der Waals surface area (Å²) in [6.45, 7) is 6.59. The van der Waals surface area contributed by atoms with E-state index < -0.39 is 10.0 Å². The summed E-state index contributed by atoms with van der Waals surface area (Å²) >= 11 is 0. The first-order chi connectivity index (χ1) is 12.0. The highest BCUT2D eigenvalue weighted by Gasteiger charge is 2.32. The van der Waals surface area contributed by atoms with Crippen molar-refractivity contribution in [2.75, 3.05) is 18.6 Å². The van der Waals surface area contributed by atoms with Crippen LogP contribution in [0.5, 0.6) is 5.75 Å². The number of carbonyl (C=O) groups excluding carboxylic acids is 2. The van der Waals surface area contributed by atoms with E-state index in [4.69, 9.17) is 4.74 Å². The van der Waals surface area contributed by atoms with Crippen molar-refractivity contribution < 1.29 is 22.7 Å². The zero-order chi connectivity index (χ0) is 19.5. The molecule has 0 aromatic heterocycles. The van der Waals surface area contributed by atoms with E-state index in [-0.39, 0.29) is 46.4 Å². The fourth-order valence-electron chi connectivity index (χ4n) is 2.78. The molecule has 2 amide bonds. The number of anilines is 1. The summed E-state index contributed by atoms with van der Waals surface area (Å²) in [6.07, 6.45) is 1.85. The number of hydrogen-bond donors (Lipinski definition) is 1. The minimum atomic E-state index is -3.83. The van der Waals surface area contributed by atoms with Gasteiger partial charge < -0.3 is 4.74 Å². The van der Waals surface area contributed by atoms with Gasteiger partial charge >= 0.3 is 0 Å². The molecule has 1 aliphatic heterocycles. The summed E-state index contributed by atoms with van der Waals surface area (Å²) in [5.41, 5.74) is 0.368. The van der Waals surface area contributed by atoms with Crippen molar-refractivity contribution in [1.29, 1.82) is 0 Å². The van der Waals surface area contributed by atoms with Crippen LogP contribution in [0.15, 0.2) is 23.1 Å². The predicted octanol–water partition coefficient (Wildman–Crippen LogP) is 2.45. The zero-order valence-corrected chi connectivity index (χ0v) is 16.5. The first-order valence-corrected chi connectivity index (χ1v) is 10.1. The number of hydrogen-bond acceptors (Lipinski definition) is 5. The van der Waals surface area contributed by atoms with Gasteiger partial charge in [-0.05, 0) is 36.5 Å². The number of amides is 2. The van der Waals surface area contributed by atoms with E-state index in [2.05, 4.69) is 25.5 Å². The molecular weight excluding hydrogens is 356 g/mol. The molecule has 1 aromatic rings.